The third-order valence-electron chi connectivity index (χ3n) is 5.08. The molecular formula is C24H19BrF2N4O3S. The highest BCUT2D eigenvalue weighted by molar-refractivity contribution is 9.10. The number of aromatic nitrogens is 3. The Morgan fingerprint density at radius 1 is 1.06 bits per heavy atom. The Hall–Kier alpha value is -3.31. The molecule has 180 valence electrons. The number of aryl methyl sites for hydroxylation is 1. The zero-order valence-corrected chi connectivity index (χ0v) is 20.8. The van der Waals surface area contributed by atoms with Crippen molar-refractivity contribution in [3.05, 3.63) is 110 Å². The molecule has 0 unspecified atom stereocenters. The van der Waals surface area contributed by atoms with Crippen LogP contribution >= 0.6 is 27.7 Å². The summed E-state index contributed by atoms with van der Waals surface area (Å²) in [5, 5.41) is 19.6. The molecule has 0 radical (unpaired) electrons. The summed E-state index contributed by atoms with van der Waals surface area (Å²) in [6.07, 6.45) is 0. The van der Waals surface area contributed by atoms with Gasteiger partial charge in [-0.2, -0.15) is 0 Å². The normalized spacial score (nSPS) is 11.9. The first-order valence-electron chi connectivity index (χ1n) is 10.4. The van der Waals surface area contributed by atoms with Gasteiger partial charge >= 0.3 is 0 Å². The number of rotatable bonds is 9. The van der Waals surface area contributed by atoms with Gasteiger partial charge in [-0.1, -0.05) is 30.0 Å². The summed E-state index contributed by atoms with van der Waals surface area (Å²) in [6, 6.07) is 17.1. The van der Waals surface area contributed by atoms with E-state index < -0.39 is 5.25 Å². The lowest BCUT2D eigenvalue weighted by molar-refractivity contribution is -0.479. The fraction of sp³-hybridized carbons (Fsp3) is 0.167. The van der Waals surface area contributed by atoms with Gasteiger partial charge in [0.1, 0.15) is 35.1 Å². The molecule has 0 saturated carbocycles. The van der Waals surface area contributed by atoms with Gasteiger partial charge in [-0.05, 0) is 82.5 Å². The highest BCUT2D eigenvalue weighted by Gasteiger charge is 2.24. The molecule has 0 aliphatic rings. The number of halogens is 3. The molecule has 0 N–H and O–H groups in total. The Bertz CT molecular complexity index is 1330. The van der Waals surface area contributed by atoms with Crippen LogP contribution in [0.3, 0.4) is 0 Å². The summed E-state index contributed by atoms with van der Waals surface area (Å²) in [7, 11) is 0. The molecule has 7 nitrogen and oxygen atoms in total. The molecule has 0 amide bonds. The quantitative estimate of drug-likeness (QED) is 0.135. The molecule has 0 saturated heterocycles. The molecule has 1 heterocycles. The molecule has 35 heavy (non-hydrogen) atoms. The molecule has 0 bridgehead atoms. The molecule has 4 aromatic rings. The largest absolute Gasteiger partial charge is 0.488 e. The first-order valence-corrected chi connectivity index (χ1v) is 12.1. The first kappa shape index (κ1) is 24.8. The van der Waals surface area contributed by atoms with Gasteiger partial charge in [0.15, 0.2) is 5.16 Å². The summed E-state index contributed by atoms with van der Waals surface area (Å²) < 4.78 is 34.7. The lowest BCUT2D eigenvalue weighted by atomic mass is 10.1. The van der Waals surface area contributed by atoms with Crippen molar-refractivity contribution in [2.24, 2.45) is 0 Å². The molecule has 0 aliphatic carbocycles. The summed E-state index contributed by atoms with van der Waals surface area (Å²) in [5.74, 6) is 0.434. The molecule has 3 aromatic carbocycles. The maximum absolute atomic E-state index is 13.4. The molecule has 1 aromatic heterocycles. The number of ether oxygens (including phenoxy) is 1. The van der Waals surface area contributed by atoms with Gasteiger partial charge in [0.05, 0.1) is 4.47 Å². The van der Waals surface area contributed by atoms with Crippen LogP contribution in [-0.4, -0.2) is 26.2 Å². The van der Waals surface area contributed by atoms with Crippen LogP contribution in [-0.2, 0) is 6.61 Å². The number of nitrogens with zero attached hydrogens (tertiary/aromatic N) is 4. The van der Waals surface area contributed by atoms with Gasteiger partial charge < -0.3 is 4.74 Å². The molecule has 0 fully saturated rings. The standard InChI is InChI=1S/C24H19BrF2N4O3S/c1-15-28-29-24(31(15)20-9-7-19(27)8-10-20)35-23(13-30(32)33)17-4-11-22(21(25)12-17)34-14-16-2-5-18(26)6-3-16/h2-12,23H,13-14H2,1H3/t23-/m0/s1. The van der Waals surface area contributed by atoms with Crippen molar-refractivity contribution in [1.29, 1.82) is 0 Å². The van der Waals surface area contributed by atoms with Crippen LogP contribution in [0.5, 0.6) is 5.75 Å². The monoisotopic (exact) mass is 560 g/mol. The average molecular weight is 561 g/mol. The fourth-order valence-corrected chi connectivity index (χ4v) is 5.03. The highest BCUT2D eigenvalue weighted by atomic mass is 79.9. The van der Waals surface area contributed by atoms with Crippen molar-refractivity contribution in [1.82, 2.24) is 14.8 Å². The van der Waals surface area contributed by atoms with E-state index in [1.165, 1.54) is 36.0 Å². The highest BCUT2D eigenvalue weighted by Crippen LogP contribution is 2.38. The third kappa shape index (κ3) is 6.23. The van der Waals surface area contributed by atoms with E-state index in [0.717, 1.165) is 5.56 Å². The summed E-state index contributed by atoms with van der Waals surface area (Å²) in [6.45, 7) is 1.65. The Kier molecular flexibility index (Phi) is 7.76. The number of nitro groups is 1. The zero-order chi connectivity index (χ0) is 24.9. The Balaban J connectivity index is 1.56. The molecule has 0 aliphatic heterocycles. The number of hydrogen-bond acceptors (Lipinski definition) is 6. The van der Waals surface area contributed by atoms with Crippen molar-refractivity contribution >= 4 is 27.7 Å². The van der Waals surface area contributed by atoms with E-state index in [1.54, 1.807) is 54.0 Å². The smallest absolute Gasteiger partial charge is 0.220 e. The minimum Gasteiger partial charge on any atom is -0.488 e. The van der Waals surface area contributed by atoms with E-state index in [-0.39, 0.29) is 29.7 Å². The van der Waals surface area contributed by atoms with E-state index in [1.807, 2.05) is 0 Å². The molecule has 11 heteroatoms. The minimum absolute atomic E-state index is 0.241. The fourth-order valence-electron chi connectivity index (χ4n) is 3.36. The van der Waals surface area contributed by atoms with Crippen molar-refractivity contribution in [3.8, 4) is 11.4 Å². The summed E-state index contributed by atoms with van der Waals surface area (Å²) in [5.41, 5.74) is 2.15. The molecule has 4 rings (SSSR count). The van der Waals surface area contributed by atoms with Gasteiger partial charge in [0.25, 0.3) is 0 Å². The Labute approximate surface area is 212 Å². The first-order chi connectivity index (χ1) is 16.8. The minimum atomic E-state index is -0.574. The Morgan fingerprint density at radius 3 is 2.34 bits per heavy atom. The van der Waals surface area contributed by atoms with Gasteiger partial charge in [0, 0.05) is 10.6 Å². The van der Waals surface area contributed by atoms with Crippen molar-refractivity contribution < 1.29 is 18.4 Å². The predicted molar refractivity (Wildman–Crippen MR) is 131 cm³/mol. The van der Waals surface area contributed by atoms with Gasteiger partial charge in [-0.3, -0.25) is 14.7 Å². The van der Waals surface area contributed by atoms with E-state index in [0.29, 0.717) is 32.5 Å². The van der Waals surface area contributed by atoms with Crippen LogP contribution < -0.4 is 4.74 Å². The SMILES string of the molecule is Cc1nnc(S[C@@H](C[N+](=O)[O-])c2ccc(OCc3ccc(F)cc3)c(Br)c2)n1-c1ccc(F)cc1. The number of thioether (sulfide) groups is 1. The maximum Gasteiger partial charge on any atom is 0.220 e. The average Bonchev–Trinajstić information content (AvgIpc) is 3.19. The van der Waals surface area contributed by atoms with Crippen LogP contribution in [0.2, 0.25) is 0 Å². The second kappa shape index (κ2) is 11.0. The van der Waals surface area contributed by atoms with E-state index >= 15 is 0 Å². The second-order valence-corrected chi connectivity index (χ2v) is 9.59. The Morgan fingerprint density at radius 2 is 1.71 bits per heavy atom. The second-order valence-electron chi connectivity index (χ2n) is 7.57. The number of benzene rings is 3. The van der Waals surface area contributed by atoms with Crippen molar-refractivity contribution in [3.63, 3.8) is 0 Å². The lowest BCUT2D eigenvalue weighted by Crippen LogP contribution is -2.11. The maximum atomic E-state index is 13.4. The van der Waals surface area contributed by atoms with Crippen LogP contribution in [0.1, 0.15) is 22.2 Å². The van der Waals surface area contributed by atoms with Crippen molar-refractivity contribution in [2.45, 2.75) is 23.9 Å². The van der Waals surface area contributed by atoms with E-state index in [9.17, 15) is 18.9 Å². The van der Waals surface area contributed by atoms with Gasteiger partial charge in [-0.15, -0.1) is 10.2 Å². The summed E-state index contributed by atoms with van der Waals surface area (Å²) >= 11 is 4.68. The van der Waals surface area contributed by atoms with Crippen LogP contribution in [0, 0.1) is 28.7 Å². The number of hydrogen-bond donors (Lipinski definition) is 0. The molecule has 1 atom stereocenters. The van der Waals surface area contributed by atoms with E-state index in [4.69, 9.17) is 4.74 Å². The summed E-state index contributed by atoms with van der Waals surface area (Å²) in [4.78, 5) is 11.1. The van der Waals surface area contributed by atoms with Crippen LogP contribution in [0.15, 0.2) is 76.4 Å². The lowest BCUT2D eigenvalue weighted by Gasteiger charge is -2.16. The molecular weight excluding hydrogens is 542 g/mol. The van der Waals surface area contributed by atoms with Crippen molar-refractivity contribution in [2.75, 3.05) is 6.54 Å². The third-order valence-corrected chi connectivity index (χ3v) is 6.88. The topological polar surface area (TPSA) is 83.1 Å². The van der Waals surface area contributed by atoms with E-state index in [2.05, 4.69) is 26.1 Å². The van der Waals surface area contributed by atoms with Crippen LogP contribution in [0.25, 0.3) is 5.69 Å². The predicted octanol–water partition coefficient (Wildman–Crippen LogP) is 6.31. The van der Waals surface area contributed by atoms with Gasteiger partial charge in [-0.25, -0.2) is 8.78 Å². The molecule has 0 spiro atoms. The zero-order valence-electron chi connectivity index (χ0n) is 18.4. The van der Waals surface area contributed by atoms with Crippen LogP contribution in [0.4, 0.5) is 8.78 Å². The van der Waals surface area contributed by atoms with Gasteiger partial charge in [0.2, 0.25) is 6.54 Å².